The van der Waals surface area contributed by atoms with Gasteiger partial charge in [0.15, 0.2) is 5.65 Å². The fraction of sp³-hybridized carbons (Fsp3) is 0.467. The average Bonchev–Trinajstić information content (AvgIpc) is 3.25. The second-order valence-electron chi connectivity index (χ2n) is 5.25. The predicted molar refractivity (Wildman–Crippen MR) is 75.6 cm³/mol. The summed E-state index contributed by atoms with van der Waals surface area (Å²) in [5.74, 6) is 8.02. The van der Waals surface area contributed by atoms with Gasteiger partial charge in [0.2, 0.25) is 0 Å². The van der Waals surface area contributed by atoms with E-state index in [1.54, 1.807) is 6.20 Å². The summed E-state index contributed by atoms with van der Waals surface area (Å²) < 4.78 is 7.23. The van der Waals surface area contributed by atoms with Crippen LogP contribution in [-0.4, -0.2) is 40.9 Å². The van der Waals surface area contributed by atoms with Crippen molar-refractivity contribution in [2.75, 3.05) is 31.2 Å². The molecule has 1 aliphatic carbocycles. The van der Waals surface area contributed by atoms with E-state index in [1.807, 2.05) is 16.6 Å². The number of hydrogen-bond acceptors (Lipinski definition) is 4. The maximum Gasteiger partial charge on any atom is 0.155 e. The molecule has 20 heavy (non-hydrogen) atoms. The molecule has 0 unspecified atom stereocenters. The van der Waals surface area contributed by atoms with Crippen LogP contribution in [0.15, 0.2) is 18.3 Å². The standard InChI is InChI=1S/C15H16N4O/c1-2-12(1)3-4-13-11-16-14-5-6-15(17-19(13)14)18-7-9-20-10-8-18/h5-6,11-12H,1-2,7-10H2. The van der Waals surface area contributed by atoms with E-state index in [4.69, 9.17) is 4.74 Å². The van der Waals surface area contributed by atoms with Gasteiger partial charge in [-0.05, 0) is 30.9 Å². The third-order valence-corrected chi connectivity index (χ3v) is 3.67. The van der Waals surface area contributed by atoms with Crippen molar-refractivity contribution in [3.63, 3.8) is 0 Å². The van der Waals surface area contributed by atoms with Crippen molar-refractivity contribution in [1.29, 1.82) is 0 Å². The number of anilines is 1. The molecular formula is C15H16N4O. The first-order chi connectivity index (χ1) is 9.90. The van der Waals surface area contributed by atoms with E-state index in [0.717, 1.165) is 43.5 Å². The lowest BCUT2D eigenvalue weighted by Crippen LogP contribution is -2.37. The Balaban J connectivity index is 1.69. The first-order valence-corrected chi connectivity index (χ1v) is 7.09. The van der Waals surface area contributed by atoms with E-state index in [0.29, 0.717) is 5.92 Å². The highest BCUT2D eigenvalue weighted by atomic mass is 16.5. The van der Waals surface area contributed by atoms with Crippen molar-refractivity contribution in [2.45, 2.75) is 12.8 Å². The summed E-state index contributed by atoms with van der Waals surface area (Å²) in [5, 5.41) is 4.68. The average molecular weight is 268 g/mol. The molecule has 0 radical (unpaired) electrons. The number of aromatic nitrogens is 3. The SMILES string of the molecule is C(#CC1CC1)c1cnc2ccc(N3CCOCC3)nn12. The van der Waals surface area contributed by atoms with Crippen LogP contribution in [0.4, 0.5) is 5.82 Å². The van der Waals surface area contributed by atoms with Crippen LogP contribution in [-0.2, 0) is 4.74 Å². The number of morpholine rings is 1. The summed E-state index contributed by atoms with van der Waals surface area (Å²) in [7, 11) is 0. The van der Waals surface area contributed by atoms with Gasteiger partial charge < -0.3 is 9.64 Å². The van der Waals surface area contributed by atoms with Gasteiger partial charge in [0.25, 0.3) is 0 Å². The van der Waals surface area contributed by atoms with Crippen molar-refractivity contribution in [2.24, 2.45) is 5.92 Å². The number of fused-ring (bicyclic) bond motifs is 1. The second kappa shape index (κ2) is 4.80. The summed E-state index contributed by atoms with van der Waals surface area (Å²) in [5.41, 5.74) is 1.73. The molecule has 0 N–H and O–H groups in total. The maximum atomic E-state index is 5.38. The third-order valence-electron chi connectivity index (χ3n) is 3.67. The van der Waals surface area contributed by atoms with Gasteiger partial charge in [-0.1, -0.05) is 5.92 Å². The normalized spacial score (nSPS) is 18.9. The van der Waals surface area contributed by atoms with Crippen molar-refractivity contribution in [1.82, 2.24) is 14.6 Å². The van der Waals surface area contributed by atoms with Gasteiger partial charge >= 0.3 is 0 Å². The molecule has 0 spiro atoms. The van der Waals surface area contributed by atoms with Crippen molar-refractivity contribution < 1.29 is 4.74 Å². The Labute approximate surface area is 117 Å². The minimum atomic E-state index is 0.586. The Kier molecular flexibility index (Phi) is 2.82. The number of nitrogens with zero attached hydrogens (tertiary/aromatic N) is 4. The summed E-state index contributed by atoms with van der Waals surface area (Å²) in [6, 6.07) is 4.02. The Morgan fingerprint density at radius 2 is 2.05 bits per heavy atom. The summed E-state index contributed by atoms with van der Waals surface area (Å²) >= 11 is 0. The first kappa shape index (κ1) is 11.7. The van der Waals surface area contributed by atoms with Gasteiger partial charge in [-0.2, -0.15) is 0 Å². The van der Waals surface area contributed by atoms with E-state index >= 15 is 0 Å². The third kappa shape index (κ3) is 2.23. The van der Waals surface area contributed by atoms with Crippen LogP contribution in [0.2, 0.25) is 0 Å². The van der Waals surface area contributed by atoms with Gasteiger partial charge in [-0.15, -0.1) is 5.10 Å². The molecule has 0 bridgehead atoms. The molecule has 1 saturated heterocycles. The van der Waals surface area contributed by atoms with E-state index in [-0.39, 0.29) is 0 Å². The minimum Gasteiger partial charge on any atom is -0.378 e. The highest BCUT2D eigenvalue weighted by Gasteiger charge is 2.18. The van der Waals surface area contributed by atoms with Gasteiger partial charge in [0, 0.05) is 19.0 Å². The van der Waals surface area contributed by atoms with Crippen molar-refractivity contribution >= 4 is 11.5 Å². The lowest BCUT2D eigenvalue weighted by atomic mass is 10.4. The zero-order valence-electron chi connectivity index (χ0n) is 11.2. The largest absolute Gasteiger partial charge is 0.378 e. The van der Waals surface area contributed by atoms with Crippen LogP contribution in [0.3, 0.4) is 0 Å². The van der Waals surface area contributed by atoms with Crippen LogP contribution in [0.5, 0.6) is 0 Å². The summed E-state index contributed by atoms with van der Waals surface area (Å²) in [4.78, 5) is 6.60. The van der Waals surface area contributed by atoms with Crippen LogP contribution in [0.1, 0.15) is 18.5 Å². The molecule has 2 fully saturated rings. The van der Waals surface area contributed by atoms with Gasteiger partial charge in [-0.3, -0.25) is 0 Å². The molecule has 1 saturated carbocycles. The van der Waals surface area contributed by atoms with Crippen molar-refractivity contribution in [3.8, 4) is 11.8 Å². The van der Waals surface area contributed by atoms with Gasteiger partial charge in [0.1, 0.15) is 11.5 Å². The molecule has 2 aromatic heterocycles. The topological polar surface area (TPSA) is 42.7 Å². The van der Waals surface area contributed by atoms with Crippen molar-refractivity contribution in [3.05, 3.63) is 24.0 Å². The first-order valence-electron chi connectivity index (χ1n) is 7.09. The van der Waals surface area contributed by atoms with Crippen LogP contribution in [0, 0.1) is 17.8 Å². The Bertz CT molecular complexity index is 687. The maximum absolute atomic E-state index is 5.38. The molecule has 0 aromatic carbocycles. The summed E-state index contributed by atoms with van der Waals surface area (Å²) in [6.07, 6.45) is 4.27. The zero-order chi connectivity index (χ0) is 13.4. The number of ether oxygens (including phenoxy) is 1. The minimum absolute atomic E-state index is 0.586. The van der Waals surface area contributed by atoms with Gasteiger partial charge in [-0.25, -0.2) is 9.50 Å². The fourth-order valence-electron chi connectivity index (χ4n) is 2.31. The Morgan fingerprint density at radius 3 is 2.85 bits per heavy atom. The number of hydrogen-bond donors (Lipinski definition) is 0. The smallest absolute Gasteiger partial charge is 0.155 e. The molecule has 102 valence electrons. The Hall–Kier alpha value is -2.06. The van der Waals surface area contributed by atoms with Crippen LogP contribution in [0.25, 0.3) is 5.65 Å². The zero-order valence-corrected chi connectivity index (χ0v) is 11.2. The second-order valence-corrected chi connectivity index (χ2v) is 5.25. The molecule has 1 aliphatic heterocycles. The number of imidazole rings is 1. The van der Waals surface area contributed by atoms with Crippen LogP contribution >= 0.6 is 0 Å². The molecule has 4 rings (SSSR count). The highest BCUT2D eigenvalue weighted by molar-refractivity contribution is 5.49. The van der Waals surface area contributed by atoms with E-state index in [1.165, 1.54) is 12.8 Å². The van der Waals surface area contributed by atoms with E-state index < -0.39 is 0 Å². The molecule has 3 heterocycles. The lowest BCUT2D eigenvalue weighted by Gasteiger charge is -2.27. The highest BCUT2D eigenvalue weighted by Crippen LogP contribution is 2.27. The van der Waals surface area contributed by atoms with Crippen LogP contribution < -0.4 is 4.90 Å². The Morgan fingerprint density at radius 1 is 1.20 bits per heavy atom. The lowest BCUT2D eigenvalue weighted by molar-refractivity contribution is 0.122. The number of rotatable bonds is 1. The molecule has 0 amide bonds. The quantitative estimate of drug-likeness (QED) is 0.732. The summed E-state index contributed by atoms with van der Waals surface area (Å²) in [6.45, 7) is 3.29. The van der Waals surface area contributed by atoms with Gasteiger partial charge in [0.05, 0.1) is 19.4 Å². The predicted octanol–water partition coefficient (Wildman–Crippen LogP) is 1.33. The molecule has 2 aliphatic rings. The molecule has 0 atom stereocenters. The fourth-order valence-corrected chi connectivity index (χ4v) is 2.31. The molecule has 2 aromatic rings. The molecule has 5 nitrogen and oxygen atoms in total. The van der Waals surface area contributed by atoms with E-state index in [2.05, 4.69) is 26.8 Å². The van der Waals surface area contributed by atoms with E-state index in [9.17, 15) is 0 Å². The monoisotopic (exact) mass is 268 g/mol. The molecular weight excluding hydrogens is 252 g/mol. The molecule has 5 heteroatoms.